The molecule has 48 heavy (non-hydrogen) atoms. The fourth-order valence-corrected chi connectivity index (χ4v) is 3.94. The van der Waals surface area contributed by atoms with Crippen LogP contribution in [0.15, 0.2) is 29.9 Å². The molecule has 270 valence electrons. The summed E-state index contributed by atoms with van der Waals surface area (Å²) in [5.74, 6) is -0.485. The number of hydrogen-bond acceptors (Lipinski definition) is 12. The van der Waals surface area contributed by atoms with E-state index in [-0.39, 0.29) is 32.5 Å². The quantitative estimate of drug-likeness (QED) is 0.0826. The molecule has 2 N–H and O–H groups in total. The van der Waals surface area contributed by atoms with Crippen LogP contribution in [0.5, 0.6) is 0 Å². The van der Waals surface area contributed by atoms with Gasteiger partial charge in [-0.25, -0.2) is 42.5 Å². The second-order valence-electron chi connectivity index (χ2n) is 11.2. The fraction of sp³-hybridized carbons (Fsp3) is 0.710. The molecule has 1 aromatic rings. The molecule has 17 nitrogen and oxygen atoms in total. The van der Waals surface area contributed by atoms with Gasteiger partial charge in [-0.05, 0) is 72.1 Å². The highest BCUT2D eigenvalue weighted by atomic mass is 16.7. The van der Waals surface area contributed by atoms with Crippen molar-refractivity contribution in [3.8, 4) is 0 Å². The first-order chi connectivity index (χ1) is 22.9. The van der Waals surface area contributed by atoms with E-state index in [0.29, 0.717) is 74.9 Å². The largest absolute Gasteiger partial charge is 0.434 e. The van der Waals surface area contributed by atoms with Gasteiger partial charge < -0.3 is 10.2 Å². The molecule has 0 aliphatic heterocycles. The topological polar surface area (TPSA) is 206 Å². The normalized spacial score (nSPS) is 12.8. The van der Waals surface area contributed by atoms with E-state index in [2.05, 4.69) is 26.1 Å². The van der Waals surface area contributed by atoms with Crippen LogP contribution in [-0.2, 0) is 32.4 Å². The minimum absolute atomic E-state index is 0.0333. The maximum Gasteiger partial charge on any atom is 0.434 e. The summed E-state index contributed by atoms with van der Waals surface area (Å²) in [5, 5.41) is 16.2. The van der Waals surface area contributed by atoms with Crippen LogP contribution in [0.2, 0.25) is 0 Å². The van der Waals surface area contributed by atoms with Crippen LogP contribution in [-0.4, -0.2) is 55.5 Å². The average molecular weight is 681 g/mol. The smallest absolute Gasteiger partial charge is 0.320 e. The molecule has 0 spiro atoms. The van der Waals surface area contributed by atoms with Gasteiger partial charge in [0.25, 0.3) is 0 Å². The van der Waals surface area contributed by atoms with Crippen molar-refractivity contribution < 1.29 is 28.9 Å². The van der Waals surface area contributed by atoms with Crippen LogP contribution < -0.4 is 27.7 Å². The van der Waals surface area contributed by atoms with E-state index in [9.17, 15) is 28.8 Å². The summed E-state index contributed by atoms with van der Waals surface area (Å²) < 4.78 is 2.74. The lowest BCUT2D eigenvalue weighted by Gasteiger charge is -2.21. The SMILES string of the molecule is CCCC(NC(=O)O/N=C(\C)CC)n1c(=O)n(CCCCCC(=O)O/N=C(\C)CC)c(=O)n(CCCCNC(=O)O/N=C(\C)CC)c1=O. The number of unbranched alkanes of at least 4 members (excludes halogenated alkanes) is 3. The number of carbonyl (C=O) groups is 3. The van der Waals surface area contributed by atoms with Crippen LogP contribution >= 0.6 is 0 Å². The van der Waals surface area contributed by atoms with E-state index >= 15 is 0 Å². The Morgan fingerprint density at radius 3 is 1.69 bits per heavy atom. The Bertz CT molecular complexity index is 1390. The van der Waals surface area contributed by atoms with Crippen molar-refractivity contribution in [1.29, 1.82) is 0 Å². The molecule has 1 aromatic heterocycles. The van der Waals surface area contributed by atoms with E-state index < -0.39 is 41.4 Å². The zero-order valence-corrected chi connectivity index (χ0v) is 29.3. The molecule has 1 atom stereocenters. The Morgan fingerprint density at radius 1 is 0.667 bits per heavy atom. The molecule has 0 radical (unpaired) electrons. The van der Waals surface area contributed by atoms with Gasteiger partial charge >= 0.3 is 35.2 Å². The highest BCUT2D eigenvalue weighted by Crippen LogP contribution is 2.08. The predicted molar refractivity (Wildman–Crippen MR) is 181 cm³/mol. The number of oxime groups is 3. The molecule has 1 unspecified atom stereocenters. The lowest BCUT2D eigenvalue weighted by molar-refractivity contribution is -0.143. The van der Waals surface area contributed by atoms with Gasteiger partial charge in [0.05, 0.1) is 17.1 Å². The molecule has 2 amide bonds. The van der Waals surface area contributed by atoms with Crippen molar-refractivity contribution >= 4 is 35.3 Å². The van der Waals surface area contributed by atoms with Crippen molar-refractivity contribution in [1.82, 2.24) is 24.3 Å². The van der Waals surface area contributed by atoms with Gasteiger partial charge in [-0.3, -0.25) is 15.0 Å². The lowest BCUT2D eigenvalue weighted by Crippen LogP contribution is -2.57. The van der Waals surface area contributed by atoms with Gasteiger partial charge in [0.2, 0.25) is 0 Å². The number of hydrogen-bond donors (Lipinski definition) is 2. The molecule has 1 heterocycles. The Morgan fingerprint density at radius 2 is 1.17 bits per heavy atom. The minimum atomic E-state index is -1.12. The molecule has 0 fully saturated rings. The van der Waals surface area contributed by atoms with Crippen LogP contribution in [0.4, 0.5) is 9.59 Å². The van der Waals surface area contributed by atoms with Gasteiger partial charge in [-0.1, -0.05) is 56.0 Å². The highest BCUT2D eigenvalue weighted by Gasteiger charge is 2.24. The van der Waals surface area contributed by atoms with E-state index in [1.807, 2.05) is 27.7 Å². The molecule has 0 aliphatic rings. The third-order valence-corrected chi connectivity index (χ3v) is 7.24. The zero-order chi connectivity index (χ0) is 36.1. The summed E-state index contributed by atoms with van der Waals surface area (Å²) in [6, 6.07) is 0. The Labute approximate surface area is 280 Å². The number of aromatic nitrogens is 3. The van der Waals surface area contributed by atoms with E-state index in [1.54, 1.807) is 20.8 Å². The Kier molecular flexibility index (Phi) is 19.8. The summed E-state index contributed by atoms with van der Waals surface area (Å²) in [4.78, 5) is 91.6. The van der Waals surface area contributed by atoms with Gasteiger partial charge in [0, 0.05) is 26.1 Å². The van der Waals surface area contributed by atoms with E-state index in [0.717, 1.165) is 13.7 Å². The van der Waals surface area contributed by atoms with Crippen LogP contribution in [0.25, 0.3) is 0 Å². The number of nitrogens with zero attached hydrogens (tertiary/aromatic N) is 6. The second-order valence-corrected chi connectivity index (χ2v) is 11.2. The summed E-state index contributed by atoms with van der Waals surface area (Å²) >= 11 is 0. The third-order valence-electron chi connectivity index (χ3n) is 7.24. The Hall–Kier alpha value is -4.57. The lowest BCUT2D eigenvalue weighted by atomic mass is 10.2. The van der Waals surface area contributed by atoms with Gasteiger partial charge in [0.15, 0.2) is 0 Å². The molecular weight excluding hydrogens is 628 g/mol. The summed E-state index contributed by atoms with van der Waals surface area (Å²) in [6.45, 7) is 12.7. The van der Waals surface area contributed by atoms with Gasteiger partial charge in [0.1, 0.15) is 6.17 Å². The van der Waals surface area contributed by atoms with Crippen LogP contribution in [0.3, 0.4) is 0 Å². The zero-order valence-electron chi connectivity index (χ0n) is 29.3. The van der Waals surface area contributed by atoms with Crippen molar-refractivity contribution in [2.75, 3.05) is 6.54 Å². The van der Waals surface area contributed by atoms with Crippen LogP contribution in [0.1, 0.15) is 125 Å². The molecule has 0 bridgehead atoms. The number of rotatable bonds is 21. The molecule has 0 saturated heterocycles. The molecule has 17 heteroatoms. The first kappa shape index (κ1) is 41.5. The standard InChI is InChI=1S/C31H52N8O9/c1-8-17-25(33-28(42)48-36-24(7)11-4)39-30(44)37(20-15-12-13-18-26(40)46-34-22(5)9-2)29(43)38(31(39)45)21-16-14-19-32-27(41)47-35-23(6)10-3/h25H,8-21H2,1-7H3,(H,32,41)(H,33,42)/b34-22+,35-23+,36-24+. The highest BCUT2D eigenvalue weighted by molar-refractivity contribution is 5.82. The van der Waals surface area contributed by atoms with E-state index in [1.165, 1.54) is 0 Å². The summed E-state index contributed by atoms with van der Waals surface area (Å²) in [7, 11) is 0. The number of amides is 2. The van der Waals surface area contributed by atoms with Crippen LogP contribution in [0, 0.1) is 0 Å². The Balaban J connectivity index is 3.21. The molecule has 0 saturated carbocycles. The van der Waals surface area contributed by atoms with Crippen molar-refractivity contribution in [3.05, 3.63) is 31.5 Å². The second kappa shape index (κ2) is 22.9. The maximum atomic E-state index is 13.6. The molecule has 0 aromatic carbocycles. The first-order valence-electron chi connectivity index (χ1n) is 16.6. The number of nitrogens with one attached hydrogen (secondary N) is 2. The van der Waals surface area contributed by atoms with E-state index in [4.69, 9.17) is 14.5 Å². The fourth-order valence-electron chi connectivity index (χ4n) is 3.94. The molecule has 1 rings (SSSR count). The van der Waals surface area contributed by atoms with Crippen molar-refractivity contribution in [2.24, 2.45) is 15.5 Å². The van der Waals surface area contributed by atoms with Gasteiger partial charge in [-0.15, -0.1) is 0 Å². The minimum Gasteiger partial charge on any atom is -0.320 e. The summed E-state index contributed by atoms with van der Waals surface area (Å²) in [6.07, 6.45) is 1.75. The first-order valence-corrected chi connectivity index (χ1v) is 16.6. The van der Waals surface area contributed by atoms with Gasteiger partial charge in [-0.2, -0.15) is 0 Å². The predicted octanol–water partition coefficient (Wildman–Crippen LogP) is 4.16. The molecular formula is C31H52N8O9. The third kappa shape index (κ3) is 14.9. The maximum absolute atomic E-state index is 13.6. The molecule has 0 aliphatic carbocycles. The van der Waals surface area contributed by atoms with Crippen molar-refractivity contribution in [3.63, 3.8) is 0 Å². The average Bonchev–Trinajstić information content (AvgIpc) is 3.07. The monoisotopic (exact) mass is 680 g/mol. The number of carbonyl (C=O) groups excluding carboxylic acids is 3. The summed E-state index contributed by atoms with van der Waals surface area (Å²) in [5.41, 5.74) is -0.678. The van der Waals surface area contributed by atoms with Crippen molar-refractivity contribution in [2.45, 2.75) is 138 Å².